The third-order valence-electron chi connectivity index (χ3n) is 1.32. The summed E-state index contributed by atoms with van der Waals surface area (Å²) in [7, 11) is 4.03. The predicted octanol–water partition coefficient (Wildman–Crippen LogP) is 2.08. The molecule has 2 aliphatic heterocycles. The quantitative estimate of drug-likeness (QED) is 0.364. The SMILES string of the molecule is C1=C2CSSC1C2. The van der Waals surface area contributed by atoms with Gasteiger partial charge in [-0.25, -0.2) is 0 Å². The van der Waals surface area contributed by atoms with Gasteiger partial charge in [-0.1, -0.05) is 33.2 Å². The zero-order chi connectivity index (χ0) is 4.69. The largest absolute Gasteiger partial charge is 0.0891 e. The first kappa shape index (κ1) is 4.33. The summed E-state index contributed by atoms with van der Waals surface area (Å²) < 4.78 is 0. The molecule has 1 saturated heterocycles. The van der Waals surface area contributed by atoms with E-state index in [-0.39, 0.29) is 0 Å². The fourth-order valence-electron chi connectivity index (χ4n) is 0.854. The Morgan fingerprint density at radius 1 is 1.71 bits per heavy atom. The average molecular weight is 130 g/mol. The van der Waals surface area contributed by atoms with Gasteiger partial charge in [-0.15, -0.1) is 0 Å². The molecular weight excluding hydrogens is 124 g/mol. The molecule has 38 valence electrons. The third-order valence-corrected chi connectivity index (χ3v) is 4.00. The Balaban J connectivity index is 2.21. The van der Waals surface area contributed by atoms with Gasteiger partial charge < -0.3 is 0 Å². The van der Waals surface area contributed by atoms with Crippen LogP contribution in [-0.4, -0.2) is 11.0 Å². The van der Waals surface area contributed by atoms with Crippen LogP contribution in [0.1, 0.15) is 6.42 Å². The summed E-state index contributed by atoms with van der Waals surface area (Å²) in [6.45, 7) is 0. The Bertz CT molecular complexity index is 117. The topological polar surface area (TPSA) is 0 Å². The van der Waals surface area contributed by atoms with E-state index >= 15 is 0 Å². The molecule has 1 atom stereocenters. The Kier molecular flexibility index (Phi) is 0.901. The lowest BCUT2D eigenvalue weighted by Gasteiger charge is -2.29. The molecule has 0 aromatic carbocycles. The highest BCUT2D eigenvalue weighted by atomic mass is 33.1. The van der Waals surface area contributed by atoms with Crippen LogP contribution in [0.15, 0.2) is 11.6 Å². The van der Waals surface area contributed by atoms with Crippen LogP contribution in [0.4, 0.5) is 0 Å². The first-order chi connectivity index (χ1) is 3.45. The van der Waals surface area contributed by atoms with Gasteiger partial charge in [-0.2, -0.15) is 0 Å². The van der Waals surface area contributed by atoms with E-state index in [9.17, 15) is 0 Å². The van der Waals surface area contributed by atoms with E-state index in [2.05, 4.69) is 6.08 Å². The summed E-state index contributed by atoms with van der Waals surface area (Å²) in [5, 5.41) is 0.897. The van der Waals surface area contributed by atoms with Crippen molar-refractivity contribution < 1.29 is 0 Å². The van der Waals surface area contributed by atoms with E-state index in [1.165, 1.54) is 12.2 Å². The molecule has 0 radical (unpaired) electrons. The summed E-state index contributed by atoms with van der Waals surface area (Å²) in [6, 6.07) is 0. The second-order valence-electron chi connectivity index (χ2n) is 1.93. The fourth-order valence-corrected chi connectivity index (χ4v) is 3.55. The van der Waals surface area contributed by atoms with Crippen LogP contribution in [0.25, 0.3) is 0 Å². The first-order valence-corrected chi connectivity index (χ1v) is 4.81. The van der Waals surface area contributed by atoms with Crippen LogP contribution in [0.2, 0.25) is 0 Å². The van der Waals surface area contributed by atoms with Gasteiger partial charge in [0, 0.05) is 11.0 Å². The minimum atomic E-state index is 0.897. The lowest BCUT2D eigenvalue weighted by atomic mass is 10.0. The number of hydrogen-bond donors (Lipinski definition) is 0. The van der Waals surface area contributed by atoms with Crippen molar-refractivity contribution in [2.75, 3.05) is 5.75 Å². The molecule has 3 rings (SSSR count). The van der Waals surface area contributed by atoms with E-state index in [0.717, 1.165) is 5.25 Å². The fraction of sp³-hybridized carbons (Fsp3) is 0.600. The standard InChI is InChI=1S/C5H6S2/c1-4-2-5(1)7-6-3-4/h1,5H,2-3H2. The molecule has 2 heteroatoms. The predicted molar refractivity (Wildman–Crippen MR) is 36.5 cm³/mol. The minimum absolute atomic E-state index is 0.897. The third kappa shape index (κ3) is 0.609. The molecule has 0 aromatic heterocycles. The molecule has 0 spiro atoms. The van der Waals surface area contributed by atoms with Crippen LogP contribution < -0.4 is 0 Å². The second kappa shape index (κ2) is 1.46. The van der Waals surface area contributed by atoms with Crippen molar-refractivity contribution in [1.29, 1.82) is 0 Å². The van der Waals surface area contributed by atoms with Crippen molar-refractivity contribution in [3.8, 4) is 0 Å². The summed E-state index contributed by atoms with van der Waals surface area (Å²) >= 11 is 0. The second-order valence-corrected chi connectivity index (χ2v) is 4.53. The summed E-state index contributed by atoms with van der Waals surface area (Å²) in [5.41, 5.74) is 1.67. The van der Waals surface area contributed by atoms with Gasteiger partial charge in [0.15, 0.2) is 0 Å². The molecule has 0 aromatic rings. The maximum atomic E-state index is 2.39. The van der Waals surface area contributed by atoms with E-state index < -0.39 is 0 Å². The minimum Gasteiger partial charge on any atom is -0.0891 e. The van der Waals surface area contributed by atoms with Crippen LogP contribution in [-0.2, 0) is 0 Å². The summed E-state index contributed by atoms with van der Waals surface area (Å²) in [5.74, 6) is 1.29. The van der Waals surface area contributed by atoms with Crippen molar-refractivity contribution in [3.63, 3.8) is 0 Å². The van der Waals surface area contributed by atoms with E-state index in [0.29, 0.717) is 0 Å². The normalized spacial score (nSPS) is 36.6. The van der Waals surface area contributed by atoms with Gasteiger partial charge in [0.1, 0.15) is 0 Å². The number of rotatable bonds is 0. The Hall–Kier alpha value is 0.440. The highest BCUT2D eigenvalue weighted by molar-refractivity contribution is 8.77. The lowest BCUT2D eigenvalue weighted by Crippen LogP contribution is -2.16. The van der Waals surface area contributed by atoms with Crippen LogP contribution in [0, 0.1) is 0 Å². The molecule has 2 heterocycles. The average Bonchev–Trinajstić information content (AvgIpc) is 1.67. The highest BCUT2D eigenvalue weighted by Gasteiger charge is 2.24. The molecule has 0 nitrogen and oxygen atoms in total. The molecule has 0 amide bonds. The van der Waals surface area contributed by atoms with Crippen molar-refractivity contribution in [3.05, 3.63) is 11.6 Å². The monoisotopic (exact) mass is 130 g/mol. The molecule has 0 saturated carbocycles. The Labute approximate surface area is 51.1 Å². The van der Waals surface area contributed by atoms with Gasteiger partial charge in [0.25, 0.3) is 0 Å². The smallest absolute Gasteiger partial charge is 0.0371 e. The Morgan fingerprint density at radius 3 is 2.71 bits per heavy atom. The summed E-state index contributed by atoms with van der Waals surface area (Å²) in [4.78, 5) is 0. The van der Waals surface area contributed by atoms with Crippen molar-refractivity contribution in [2.45, 2.75) is 11.7 Å². The zero-order valence-electron chi connectivity index (χ0n) is 3.89. The molecule has 3 aliphatic rings. The number of hydrogen-bond acceptors (Lipinski definition) is 2. The molecule has 7 heavy (non-hydrogen) atoms. The van der Waals surface area contributed by atoms with E-state index in [1.807, 2.05) is 21.6 Å². The van der Waals surface area contributed by atoms with Gasteiger partial charge in [0.2, 0.25) is 0 Å². The van der Waals surface area contributed by atoms with E-state index in [4.69, 9.17) is 0 Å². The Morgan fingerprint density at radius 2 is 2.57 bits per heavy atom. The highest BCUT2D eigenvalue weighted by Crippen LogP contribution is 2.45. The van der Waals surface area contributed by atoms with Gasteiger partial charge >= 0.3 is 0 Å². The van der Waals surface area contributed by atoms with Gasteiger partial charge in [-0.05, 0) is 6.42 Å². The lowest BCUT2D eigenvalue weighted by molar-refractivity contribution is 0.898. The van der Waals surface area contributed by atoms with E-state index in [1.54, 1.807) is 5.57 Å². The molecular formula is C5H6S2. The van der Waals surface area contributed by atoms with Crippen LogP contribution >= 0.6 is 21.6 Å². The van der Waals surface area contributed by atoms with Crippen molar-refractivity contribution in [2.24, 2.45) is 0 Å². The van der Waals surface area contributed by atoms with Crippen LogP contribution in [0.3, 0.4) is 0 Å². The first-order valence-electron chi connectivity index (χ1n) is 2.43. The molecule has 0 N–H and O–H groups in total. The maximum absolute atomic E-state index is 2.39. The molecule has 1 unspecified atom stereocenters. The van der Waals surface area contributed by atoms with Crippen molar-refractivity contribution in [1.82, 2.24) is 0 Å². The molecule has 2 bridgehead atoms. The maximum Gasteiger partial charge on any atom is 0.0371 e. The molecule has 1 aliphatic carbocycles. The zero-order valence-corrected chi connectivity index (χ0v) is 5.52. The molecule has 1 fully saturated rings. The van der Waals surface area contributed by atoms with Crippen molar-refractivity contribution >= 4 is 21.6 Å². The van der Waals surface area contributed by atoms with Gasteiger partial charge in [0.05, 0.1) is 0 Å². The van der Waals surface area contributed by atoms with Crippen LogP contribution in [0.5, 0.6) is 0 Å². The van der Waals surface area contributed by atoms with Gasteiger partial charge in [-0.3, -0.25) is 0 Å². The number of fused-ring (bicyclic) bond motifs is 2. The summed E-state index contributed by atoms with van der Waals surface area (Å²) in [6.07, 6.45) is 3.78.